The van der Waals surface area contributed by atoms with Crippen LogP contribution >= 0.6 is 35.3 Å². The van der Waals surface area contributed by atoms with Crippen molar-refractivity contribution in [2.45, 2.75) is 19.5 Å². The van der Waals surface area contributed by atoms with Gasteiger partial charge in [0, 0.05) is 36.6 Å². The average molecular weight is 546 g/mol. The van der Waals surface area contributed by atoms with Gasteiger partial charge in [-0.15, -0.1) is 35.3 Å². The third kappa shape index (κ3) is 6.73. The van der Waals surface area contributed by atoms with E-state index in [9.17, 15) is 5.11 Å². The van der Waals surface area contributed by atoms with Crippen LogP contribution in [-0.4, -0.2) is 62.5 Å². The summed E-state index contributed by atoms with van der Waals surface area (Å²) in [5.74, 6) is 1.32. The topological polar surface area (TPSA) is 78.4 Å². The van der Waals surface area contributed by atoms with Crippen LogP contribution in [-0.2, 0) is 11.3 Å². The maximum absolute atomic E-state index is 10.3. The molecule has 7 nitrogen and oxygen atoms in total. The average Bonchev–Trinajstić information content (AvgIpc) is 3.28. The third-order valence-corrected chi connectivity index (χ3v) is 5.85. The Kier molecular flexibility index (Phi) is 10.7. The molecule has 1 saturated heterocycles. The monoisotopic (exact) mass is 546 g/mol. The smallest absolute Gasteiger partial charge is 0.191 e. The highest BCUT2D eigenvalue weighted by Gasteiger charge is 2.23. The van der Waals surface area contributed by atoms with E-state index in [1.165, 1.54) is 4.88 Å². The number of hydrogen-bond donors (Lipinski definition) is 3. The predicted octanol–water partition coefficient (Wildman–Crippen LogP) is 3.21. The van der Waals surface area contributed by atoms with Gasteiger partial charge >= 0.3 is 0 Å². The van der Waals surface area contributed by atoms with Crippen LogP contribution in [0.3, 0.4) is 0 Å². The normalized spacial score (nSPS) is 15.9. The third-order valence-electron chi connectivity index (χ3n) is 4.88. The number of methoxy groups -OCH3 is 1. The summed E-state index contributed by atoms with van der Waals surface area (Å²) >= 11 is 1.78. The molecule has 3 rings (SSSR count). The second-order valence-electron chi connectivity index (χ2n) is 6.72. The summed E-state index contributed by atoms with van der Waals surface area (Å²) in [6, 6.07) is 10.00. The lowest BCUT2D eigenvalue weighted by atomic mass is 10.2. The first-order valence-corrected chi connectivity index (χ1v) is 10.8. The minimum absolute atomic E-state index is 0. The second kappa shape index (κ2) is 13.0. The number of morpholine rings is 1. The van der Waals surface area contributed by atoms with Crippen molar-refractivity contribution in [2.24, 2.45) is 4.99 Å². The summed E-state index contributed by atoms with van der Waals surface area (Å²) in [5.41, 5.74) is 0.726. The van der Waals surface area contributed by atoms with E-state index in [1.807, 2.05) is 19.1 Å². The lowest BCUT2D eigenvalue weighted by Gasteiger charge is -2.34. The van der Waals surface area contributed by atoms with Gasteiger partial charge in [0.05, 0.1) is 32.9 Å². The van der Waals surface area contributed by atoms with Gasteiger partial charge in [-0.1, -0.05) is 18.2 Å². The number of nitrogens with zero attached hydrogens (tertiary/aromatic N) is 2. The molecule has 166 valence electrons. The van der Waals surface area contributed by atoms with Crippen LogP contribution < -0.4 is 15.4 Å². The molecule has 0 saturated carbocycles. The highest BCUT2D eigenvalue weighted by Crippen LogP contribution is 2.30. The minimum Gasteiger partial charge on any atom is -0.504 e. The van der Waals surface area contributed by atoms with Gasteiger partial charge in [0.25, 0.3) is 0 Å². The summed E-state index contributed by atoms with van der Waals surface area (Å²) in [6.45, 7) is 7.30. The molecule has 2 aromatic rings. The van der Waals surface area contributed by atoms with Gasteiger partial charge in [0.2, 0.25) is 0 Å². The van der Waals surface area contributed by atoms with Crippen LogP contribution in [0.1, 0.15) is 23.4 Å². The molecule has 0 radical (unpaired) electrons. The Labute approximate surface area is 199 Å². The molecular formula is C21H31IN4O3S. The molecule has 1 fully saturated rings. The van der Waals surface area contributed by atoms with E-state index in [-0.39, 0.29) is 35.8 Å². The number of thiophene rings is 1. The number of halogens is 1. The fourth-order valence-electron chi connectivity index (χ4n) is 3.34. The van der Waals surface area contributed by atoms with Gasteiger partial charge in [-0.25, -0.2) is 4.99 Å². The number of benzene rings is 1. The highest BCUT2D eigenvalue weighted by atomic mass is 127. The number of para-hydroxylation sites is 1. The number of aliphatic imine (C=N–C) groups is 1. The second-order valence-corrected chi connectivity index (χ2v) is 7.70. The summed E-state index contributed by atoms with van der Waals surface area (Å²) in [4.78, 5) is 8.45. The summed E-state index contributed by atoms with van der Waals surface area (Å²) in [6.07, 6.45) is 0. The number of guanidine groups is 1. The van der Waals surface area contributed by atoms with Gasteiger partial charge in [-0.3, -0.25) is 4.90 Å². The Hall–Kier alpha value is -1.56. The van der Waals surface area contributed by atoms with E-state index in [2.05, 4.69) is 38.0 Å². The molecule has 3 N–H and O–H groups in total. The summed E-state index contributed by atoms with van der Waals surface area (Å²) in [5, 5.41) is 19.2. The maximum Gasteiger partial charge on any atom is 0.191 e. The van der Waals surface area contributed by atoms with Crippen LogP contribution in [0.2, 0.25) is 0 Å². The zero-order valence-corrected chi connectivity index (χ0v) is 20.6. The molecule has 0 aliphatic carbocycles. The zero-order chi connectivity index (χ0) is 20.5. The molecule has 0 amide bonds. The molecule has 9 heteroatoms. The Bertz CT molecular complexity index is 783. The largest absolute Gasteiger partial charge is 0.504 e. The van der Waals surface area contributed by atoms with Gasteiger partial charge in [-0.05, 0) is 24.4 Å². The Morgan fingerprint density at radius 1 is 1.27 bits per heavy atom. The van der Waals surface area contributed by atoms with Crippen molar-refractivity contribution < 1.29 is 14.6 Å². The molecular weight excluding hydrogens is 515 g/mol. The summed E-state index contributed by atoms with van der Waals surface area (Å²) < 4.78 is 10.7. The molecule has 30 heavy (non-hydrogen) atoms. The number of phenols is 1. The number of phenolic OH excluding ortho intramolecular Hbond substituents is 1. The van der Waals surface area contributed by atoms with E-state index in [0.717, 1.165) is 50.9 Å². The first-order chi connectivity index (χ1) is 14.2. The first kappa shape index (κ1) is 24.7. The minimum atomic E-state index is 0. The van der Waals surface area contributed by atoms with E-state index in [4.69, 9.17) is 9.47 Å². The lowest BCUT2D eigenvalue weighted by Crippen LogP contribution is -2.46. The van der Waals surface area contributed by atoms with Crippen LogP contribution in [0.4, 0.5) is 0 Å². The molecule has 1 aliphatic heterocycles. The van der Waals surface area contributed by atoms with Crippen molar-refractivity contribution in [3.05, 3.63) is 46.2 Å². The van der Waals surface area contributed by atoms with E-state index in [1.54, 1.807) is 24.5 Å². The molecule has 0 spiro atoms. The number of rotatable bonds is 8. The van der Waals surface area contributed by atoms with Crippen LogP contribution in [0.5, 0.6) is 11.5 Å². The van der Waals surface area contributed by atoms with Crippen LogP contribution in [0.15, 0.2) is 40.7 Å². The fourth-order valence-corrected chi connectivity index (χ4v) is 4.20. The number of hydrogen-bond acceptors (Lipinski definition) is 6. The molecule has 1 aromatic carbocycles. The van der Waals surface area contributed by atoms with Crippen molar-refractivity contribution in [2.75, 3.05) is 46.5 Å². The predicted molar refractivity (Wildman–Crippen MR) is 132 cm³/mol. The highest BCUT2D eigenvalue weighted by molar-refractivity contribution is 14.0. The first-order valence-electron chi connectivity index (χ1n) is 9.95. The fraction of sp³-hybridized carbons (Fsp3) is 0.476. The van der Waals surface area contributed by atoms with Gasteiger partial charge in [-0.2, -0.15) is 0 Å². The Morgan fingerprint density at radius 2 is 2.07 bits per heavy atom. The Balaban J connectivity index is 0.00000320. The van der Waals surface area contributed by atoms with Crippen LogP contribution in [0, 0.1) is 0 Å². The lowest BCUT2D eigenvalue weighted by molar-refractivity contribution is 0.0177. The molecule has 1 unspecified atom stereocenters. The molecule has 1 aromatic heterocycles. The number of nitrogens with one attached hydrogen (secondary N) is 2. The Morgan fingerprint density at radius 3 is 2.73 bits per heavy atom. The number of aromatic hydroxyl groups is 1. The van der Waals surface area contributed by atoms with E-state index < -0.39 is 0 Å². The van der Waals surface area contributed by atoms with E-state index >= 15 is 0 Å². The van der Waals surface area contributed by atoms with Gasteiger partial charge in [0.1, 0.15) is 0 Å². The van der Waals surface area contributed by atoms with Gasteiger partial charge < -0.3 is 25.2 Å². The molecule has 2 heterocycles. The zero-order valence-electron chi connectivity index (χ0n) is 17.5. The van der Waals surface area contributed by atoms with Crippen molar-refractivity contribution in [1.82, 2.24) is 15.5 Å². The molecule has 1 aliphatic rings. The van der Waals surface area contributed by atoms with Crippen molar-refractivity contribution >= 4 is 41.3 Å². The quantitative estimate of drug-likeness (QED) is 0.268. The van der Waals surface area contributed by atoms with Crippen LogP contribution in [0.25, 0.3) is 0 Å². The SMILES string of the molecule is CCNC(=NCc1cccc(OC)c1O)NCC(c1cccs1)N1CCOCC1.I. The van der Waals surface area contributed by atoms with Crippen molar-refractivity contribution in [1.29, 1.82) is 0 Å². The maximum atomic E-state index is 10.3. The van der Waals surface area contributed by atoms with Crippen molar-refractivity contribution in [3.8, 4) is 11.5 Å². The van der Waals surface area contributed by atoms with E-state index in [0.29, 0.717) is 12.3 Å². The van der Waals surface area contributed by atoms with Crippen molar-refractivity contribution in [3.63, 3.8) is 0 Å². The standard InChI is InChI=1S/C21H30N4O3S.HI/c1-3-22-21(23-14-16-6-4-7-18(27-2)20(16)26)24-15-17(19-8-5-13-29-19)25-9-11-28-12-10-25;/h4-8,13,17,26H,3,9-12,14-15H2,1-2H3,(H2,22,23,24);1H. The number of ether oxygens (including phenoxy) is 2. The molecule has 0 bridgehead atoms. The summed E-state index contributed by atoms with van der Waals surface area (Å²) in [7, 11) is 1.55. The molecule has 1 atom stereocenters. The van der Waals surface area contributed by atoms with Gasteiger partial charge in [0.15, 0.2) is 17.5 Å².